The minimum Gasteiger partial charge on any atom is -0.508 e. The molecule has 5 atom stereocenters. The number of hydrogen-bond acceptors (Lipinski definition) is 20. The predicted octanol–water partition coefficient (Wildman–Crippen LogP) is 7.11. The Morgan fingerprint density at radius 1 is 0.290 bits per heavy atom. The van der Waals surface area contributed by atoms with E-state index in [0.717, 1.165) is 52.1 Å². The third kappa shape index (κ3) is 21.3. The summed E-state index contributed by atoms with van der Waals surface area (Å²) in [5, 5.41) is 32.9. The van der Waals surface area contributed by atoms with Crippen LogP contribution in [0, 0.1) is 95.2 Å². The number of fused-ring (bicyclic) bond motifs is 5. The number of nitrogens with zero attached hydrogens (tertiary/aromatic N) is 5. The van der Waals surface area contributed by atoms with Crippen LogP contribution in [0.2, 0.25) is 0 Å². The van der Waals surface area contributed by atoms with Crippen molar-refractivity contribution in [3.8, 4) is 88.0 Å². The maximum Gasteiger partial charge on any atom is 0.323 e. The number of benzene rings is 10. The summed E-state index contributed by atoms with van der Waals surface area (Å²) in [6, 6.07) is 48.8. The molecular formula is C105H80F5N15O20. The molecule has 5 saturated heterocycles. The second-order valence-corrected chi connectivity index (χ2v) is 34.1. The maximum atomic E-state index is 13.9. The maximum absolute atomic E-state index is 13.9. The van der Waals surface area contributed by atoms with Crippen LogP contribution >= 0.6 is 0 Å². The molecule has 20 amide bonds. The smallest absolute Gasteiger partial charge is 0.323 e. The third-order valence-corrected chi connectivity index (χ3v) is 24.1. The van der Waals surface area contributed by atoms with Crippen molar-refractivity contribution in [3.63, 3.8) is 0 Å². The van der Waals surface area contributed by atoms with Gasteiger partial charge in [-0.1, -0.05) is 114 Å². The second-order valence-electron chi connectivity index (χ2n) is 34.1. The molecule has 0 saturated carbocycles. The fourth-order valence-electron chi connectivity index (χ4n) is 16.8. The number of halogens is 5. The van der Waals surface area contributed by atoms with Crippen LogP contribution in [0.3, 0.4) is 0 Å². The van der Waals surface area contributed by atoms with Crippen molar-refractivity contribution in [1.82, 2.24) is 77.7 Å². The number of ether oxygens (including phenoxy) is 4. The first-order valence-electron chi connectivity index (χ1n) is 44.0. The standard InChI is InChI=1S/C22H19N3O5.C22H19N3O4.C21H17N3O5.C20H12F3N3O3.C20H13F2N3O3/c1-29-16-6-3-14(4-7-16)9-10-22(20(27)23-21(28)24-22)13-25-12-15-5-8-17(30-2)11-18(15)19(25)26;1-14-4-3-5-15(10-14)8-9-22(20(27)23-21(28)24-22)13-25-12-16-6-7-17(29-2)11-18(16)19(25)26;1-29-16-6-5-14-11-24(18(26)17(14)10-16)12-21(19(27)22-20(28)23-21)8-7-13-3-2-4-15(25)9-13;21-13-4-2-12-9-26(17(27)15(12)7-13)10-20(18(28)24-19(29)25-20)6-5-11-1-3-14(22)8-16(11)23;21-14-3-1-2-12(8-14)6-7-20(18(27)23-19(28)24-20)11-25-10-13-4-5-15(22)9-16(13)17(25)26/h3-8,11H,12-13H2,1-2H3,(H2,23,24,27,28);3-7,10-11H,12-13H2,1-2H3,(H2,23,24,27,28);2-6,9-10,25H,11-12H2,1H3,(H2,22,23,27,28);1-4,7-8H,9-10H2,(H2,24,25,28,29);1-5,8-9H,10-11H2,(H2,23,24,27,28)/t2*22-;21-;2*20-/m11111/s1. The van der Waals surface area contributed by atoms with Gasteiger partial charge < -0.3 is 75.1 Å². The number of urea groups is 5. The Kier molecular flexibility index (Phi) is 27.7. The van der Waals surface area contributed by atoms with Crippen molar-refractivity contribution in [3.05, 3.63) is 324 Å². The zero-order chi connectivity index (χ0) is 103. The van der Waals surface area contributed by atoms with E-state index in [1.807, 2.05) is 48.6 Å². The summed E-state index contributed by atoms with van der Waals surface area (Å²) in [6.07, 6.45) is 0. The van der Waals surface area contributed by atoms with E-state index in [0.29, 0.717) is 86.7 Å². The first-order chi connectivity index (χ1) is 69.4. The number of imide groups is 5. The molecule has 10 aliphatic heterocycles. The van der Waals surface area contributed by atoms with Gasteiger partial charge in [-0.2, -0.15) is 0 Å². The molecule has 40 heteroatoms. The molecule has 0 aromatic heterocycles. The Hall–Kier alpha value is -19.3. The molecule has 20 rings (SSSR count). The van der Waals surface area contributed by atoms with Gasteiger partial charge in [0, 0.05) is 88.9 Å². The predicted molar refractivity (Wildman–Crippen MR) is 502 cm³/mol. The van der Waals surface area contributed by atoms with Crippen molar-refractivity contribution < 1.29 is 118 Å². The molecular weight excluding hydrogens is 1890 g/mol. The third-order valence-electron chi connectivity index (χ3n) is 24.1. The highest BCUT2D eigenvalue weighted by atomic mass is 19.1. The molecule has 10 aromatic rings. The van der Waals surface area contributed by atoms with Crippen LogP contribution in [-0.4, -0.2) is 208 Å². The van der Waals surface area contributed by atoms with E-state index in [1.54, 1.807) is 92.0 Å². The van der Waals surface area contributed by atoms with E-state index < -0.39 is 128 Å². The highest BCUT2D eigenvalue weighted by Crippen LogP contribution is 2.35. The summed E-state index contributed by atoms with van der Waals surface area (Å²) in [6.45, 7) is 2.29. The van der Waals surface area contributed by atoms with Gasteiger partial charge in [-0.05, 0) is 186 Å². The quantitative estimate of drug-likeness (QED) is 0.0293. The minimum atomic E-state index is -1.84. The SMILES string of the molecule is COc1ccc(C#C[C@]2(CN3Cc4ccc(OC)cc4C3=O)NC(=O)NC2=O)cc1.COc1ccc2c(c1)C(=O)N(C[C@@]1(C#Cc3cccc(C)c3)NC(=O)NC1=O)C2.COc1ccc2c(c1)C(=O)N(C[C@@]1(C#Cc3cccc(O)c3)NC(=O)NC1=O)C2.O=C1NC(=O)[C@@](C#Cc2ccc(F)cc2F)(CN2Cc3ccc(F)cc3C2=O)N1.O=C1NC(=O)[C@@](C#Cc2cccc(F)c2)(CN2Cc3ccc(F)cc3C2=O)N1. The summed E-state index contributed by atoms with van der Waals surface area (Å²) < 4.78 is 87.9. The minimum absolute atomic E-state index is 0.0323. The largest absolute Gasteiger partial charge is 0.508 e. The number of aromatic hydroxyl groups is 1. The van der Waals surface area contributed by atoms with Crippen LogP contribution in [-0.2, 0) is 56.7 Å². The van der Waals surface area contributed by atoms with Gasteiger partial charge in [-0.25, -0.2) is 45.9 Å². The number of nitrogens with one attached hydrogen (secondary N) is 10. The van der Waals surface area contributed by atoms with Gasteiger partial charge in [0.2, 0.25) is 27.7 Å². The monoisotopic (exact) mass is 1970 g/mol. The normalized spacial score (nSPS) is 20.0. The van der Waals surface area contributed by atoms with Crippen molar-refractivity contribution in [2.24, 2.45) is 0 Å². The fourth-order valence-corrected chi connectivity index (χ4v) is 16.8. The number of amides is 20. The van der Waals surface area contributed by atoms with Gasteiger partial charge in [0.1, 0.15) is 57.8 Å². The van der Waals surface area contributed by atoms with Crippen molar-refractivity contribution in [1.29, 1.82) is 0 Å². The van der Waals surface area contributed by atoms with Crippen molar-refractivity contribution in [2.75, 3.05) is 61.2 Å². The molecule has 0 radical (unpaired) electrons. The summed E-state index contributed by atoms with van der Waals surface area (Å²) >= 11 is 0. The Morgan fingerprint density at radius 2 is 0.566 bits per heavy atom. The Bertz CT molecular complexity index is 7400. The lowest BCUT2D eigenvalue weighted by atomic mass is 9.99. The van der Waals surface area contributed by atoms with E-state index in [9.17, 15) is 99.0 Å². The molecule has 0 bridgehead atoms. The lowest BCUT2D eigenvalue weighted by molar-refractivity contribution is -0.123. The Morgan fingerprint density at radius 3 is 0.876 bits per heavy atom. The number of carbonyl (C=O) groups excluding carboxylic acids is 15. The number of phenols is 1. The van der Waals surface area contributed by atoms with Gasteiger partial charge >= 0.3 is 30.2 Å². The highest BCUT2D eigenvalue weighted by molar-refractivity contribution is 6.14. The van der Waals surface area contributed by atoms with Gasteiger partial charge in [0.25, 0.3) is 59.1 Å². The molecule has 11 N–H and O–H groups in total. The fraction of sp³-hybridized carbons (Fsp3) is 0.190. The lowest BCUT2D eigenvalue weighted by Gasteiger charge is -2.26. The Balaban J connectivity index is 0.000000130. The molecule has 0 spiro atoms. The lowest BCUT2D eigenvalue weighted by Crippen LogP contribution is -2.54. The van der Waals surface area contributed by atoms with Crippen molar-refractivity contribution in [2.45, 2.75) is 67.3 Å². The first kappa shape index (κ1) is 98.7. The topological polar surface area (TPSA) is 450 Å². The molecule has 10 aromatic carbocycles. The zero-order valence-electron chi connectivity index (χ0n) is 77.0. The molecule has 10 heterocycles. The van der Waals surface area contributed by atoms with Crippen LogP contribution in [0.4, 0.5) is 45.9 Å². The van der Waals surface area contributed by atoms with Crippen LogP contribution in [0.5, 0.6) is 28.7 Å². The molecule has 10 aliphatic rings. The number of methoxy groups -OCH3 is 4. The molecule has 35 nitrogen and oxygen atoms in total. The number of aryl methyl sites for hydroxylation is 1. The summed E-state index contributed by atoms with van der Waals surface area (Å²) in [4.78, 5) is 193. The summed E-state index contributed by atoms with van der Waals surface area (Å²) in [7, 11) is 6.15. The molecule has 0 unspecified atom stereocenters. The Labute approximate surface area is 821 Å². The van der Waals surface area contributed by atoms with Crippen LogP contribution < -0.4 is 72.1 Å². The van der Waals surface area contributed by atoms with E-state index >= 15 is 0 Å². The highest BCUT2D eigenvalue weighted by Gasteiger charge is 2.54. The summed E-state index contributed by atoms with van der Waals surface area (Å²) in [5.74, 6) is 21.6. The van der Waals surface area contributed by atoms with Gasteiger partial charge in [0.05, 0.1) is 66.7 Å². The number of hydrogen-bond donors (Lipinski definition) is 11. The van der Waals surface area contributed by atoms with E-state index in [1.165, 1.54) is 100 Å². The second kappa shape index (κ2) is 40.6. The molecule has 0 aliphatic carbocycles. The zero-order valence-corrected chi connectivity index (χ0v) is 77.0. The van der Waals surface area contributed by atoms with Crippen molar-refractivity contribution >= 4 is 89.2 Å². The molecule has 730 valence electrons. The first-order valence-corrected chi connectivity index (χ1v) is 44.0. The number of carbonyl (C=O) groups is 15. The van der Waals surface area contributed by atoms with Crippen LogP contribution in [0.25, 0.3) is 0 Å². The van der Waals surface area contributed by atoms with Gasteiger partial charge in [0.15, 0.2) is 0 Å². The average Bonchev–Trinajstić information content (AvgIpc) is 1.64. The van der Waals surface area contributed by atoms with E-state index in [-0.39, 0.29) is 92.5 Å². The van der Waals surface area contributed by atoms with Crippen LogP contribution in [0.15, 0.2) is 206 Å². The van der Waals surface area contributed by atoms with Crippen LogP contribution in [0.1, 0.15) is 113 Å². The summed E-state index contributed by atoms with van der Waals surface area (Å²) in [5.41, 5.74) is 0.344. The van der Waals surface area contributed by atoms with Gasteiger partial charge in [-0.3, -0.25) is 74.5 Å². The van der Waals surface area contributed by atoms with E-state index in [4.69, 9.17) is 18.9 Å². The molecule has 5 fully saturated rings. The van der Waals surface area contributed by atoms with E-state index in [2.05, 4.69) is 107 Å². The molecule has 145 heavy (non-hydrogen) atoms. The average molecular weight is 1970 g/mol. The number of phenolic OH excluding ortho intramolecular Hbond substituents is 1. The number of rotatable bonds is 14. The van der Waals surface area contributed by atoms with Gasteiger partial charge in [-0.15, -0.1) is 0 Å².